The molecule has 0 fully saturated rings. The Balaban J connectivity index is 1.76. The Hall–Kier alpha value is -3.74. The third-order valence-corrected chi connectivity index (χ3v) is 3.93. The van der Waals surface area contributed by atoms with Crippen LogP contribution in [-0.4, -0.2) is 33.5 Å². The zero-order valence-electron chi connectivity index (χ0n) is 15.3. The summed E-state index contributed by atoms with van der Waals surface area (Å²) < 4.78 is 0. The van der Waals surface area contributed by atoms with Gasteiger partial charge in [0.05, 0.1) is 12.1 Å². The molecule has 3 rings (SSSR count). The van der Waals surface area contributed by atoms with Gasteiger partial charge in [0.25, 0.3) is 5.91 Å². The van der Waals surface area contributed by atoms with Gasteiger partial charge in [0, 0.05) is 29.4 Å². The first-order valence-corrected chi connectivity index (χ1v) is 8.79. The van der Waals surface area contributed by atoms with Crippen molar-refractivity contribution in [2.24, 2.45) is 0 Å². The molecule has 0 saturated carbocycles. The molecule has 0 aliphatic rings. The molecule has 0 aliphatic carbocycles. The number of aromatic nitrogens is 2. The monoisotopic (exact) mass is 376 g/mol. The van der Waals surface area contributed by atoms with Gasteiger partial charge in [0.15, 0.2) is 0 Å². The number of nitrogens with one attached hydrogen (secondary N) is 2. The summed E-state index contributed by atoms with van der Waals surface area (Å²) in [6.45, 7) is 1.90. The standard InChI is InChI=1S/C21H20N4O3/c1-14-23-18(15-6-3-2-4-7-15)13-19(24-14)25-17-9-5-8-16(12-17)21(28)22-11-10-20(26)27/h2-9,12-13H,10-11H2,1H3,(H,22,28)(H,26,27)(H,23,24,25). The molecule has 0 atom stereocenters. The summed E-state index contributed by atoms with van der Waals surface area (Å²) in [6, 6.07) is 18.6. The average molecular weight is 376 g/mol. The second-order valence-electron chi connectivity index (χ2n) is 6.16. The molecule has 0 unspecified atom stereocenters. The van der Waals surface area contributed by atoms with Crippen molar-refractivity contribution in [3.63, 3.8) is 0 Å². The molecule has 28 heavy (non-hydrogen) atoms. The summed E-state index contributed by atoms with van der Waals surface area (Å²) in [7, 11) is 0. The van der Waals surface area contributed by atoms with Crippen LogP contribution in [0.1, 0.15) is 22.6 Å². The molecule has 0 spiro atoms. The van der Waals surface area contributed by atoms with E-state index in [2.05, 4.69) is 20.6 Å². The smallest absolute Gasteiger partial charge is 0.305 e. The number of carbonyl (C=O) groups excluding carboxylic acids is 1. The van der Waals surface area contributed by atoms with E-state index in [9.17, 15) is 9.59 Å². The highest BCUT2D eigenvalue weighted by Gasteiger charge is 2.09. The second-order valence-corrected chi connectivity index (χ2v) is 6.16. The molecule has 0 saturated heterocycles. The second kappa shape index (κ2) is 8.77. The summed E-state index contributed by atoms with van der Waals surface area (Å²) in [5.41, 5.74) is 2.92. The number of hydrogen-bond donors (Lipinski definition) is 3. The minimum atomic E-state index is -0.955. The van der Waals surface area contributed by atoms with Gasteiger partial charge in [0.1, 0.15) is 11.6 Å². The Morgan fingerprint density at radius 3 is 2.54 bits per heavy atom. The van der Waals surface area contributed by atoms with E-state index in [1.54, 1.807) is 18.2 Å². The van der Waals surface area contributed by atoms with Crippen molar-refractivity contribution in [1.82, 2.24) is 15.3 Å². The van der Waals surface area contributed by atoms with E-state index in [4.69, 9.17) is 5.11 Å². The molecule has 2 aromatic carbocycles. The molecule has 142 valence electrons. The maximum atomic E-state index is 12.2. The topological polar surface area (TPSA) is 104 Å². The van der Waals surface area contributed by atoms with Crippen LogP contribution in [0.3, 0.4) is 0 Å². The lowest BCUT2D eigenvalue weighted by atomic mass is 10.1. The molecule has 0 aliphatic heterocycles. The van der Waals surface area contributed by atoms with E-state index in [0.29, 0.717) is 22.9 Å². The number of carboxylic acids is 1. The van der Waals surface area contributed by atoms with Crippen LogP contribution in [0.2, 0.25) is 0 Å². The van der Waals surface area contributed by atoms with Crippen LogP contribution < -0.4 is 10.6 Å². The first-order chi connectivity index (χ1) is 13.5. The molecule has 7 heteroatoms. The van der Waals surface area contributed by atoms with E-state index < -0.39 is 5.97 Å². The lowest BCUT2D eigenvalue weighted by Gasteiger charge is -2.10. The van der Waals surface area contributed by atoms with Gasteiger partial charge in [-0.15, -0.1) is 0 Å². The van der Waals surface area contributed by atoms with Crippen molar-refractivity contribution >= 4 is 23.4 Å². The van der Waals surface area contributed by atoms with Gasteiger partial charge in [-0.3, -0.25) is 9.59 Å². The third kappa shape index (κ3) is 5.14. The van der Waals surface area contributed by atoms with Gasteiger partial charge in [-0.25, -0.2) is 9.97 Å². The molecule has 7 nitrogen and oxygen atoms in total. The number of carboxylic acid groups (broad SMARTS) is 1. The largest absolute Gasteiger partial charge is 0.481 e. The fourth-order valence-corrected chi connectivity index (χ4v) is 2.66. The number of hydrogen-bond acceptors (Lipinski definition) is 5. The predicted molar refractivity (Wildman–Crippen MR) is 107 cm³/mol. The van der Waals surface area contributed by atoms with Crippen molar-refractivity contribution in [3.05, 3.63) is 72.1 Å². The molecule has 3 aromatic rings. The normalized spacial score (nSPS) is 10.3. The molecular weight excluding hydrogens is 356 g/mol. The number of carbonyl (C=O) groups is 2. The van der Waals surface area contributed by atoms with Gasteiger partial charge in [-0.05, 0) is 25.1 Å². The van der Waals surface area contributed by atoms with E-state index in [-0.39, 0.29) is 18.9 Å². The van der Waals surface area contributed by atoms with Gasteiger partial charge >= 0.3 is 5.97 Å². The molecular formula is C21H20N4O3. The zero-order valence-corrected chi connectivity index (χ0v) is 15.3. The number of benzene rings is 2. The summed E-state index contributed by atoms with van der Waals surface area (Å²) >= 11 is 0. The predicted octanol–water partition coefficient (Wildman–Crippen LogP) is 3.40. The molecule has 1 aromatic heterocycles. The highest BCUT2D eigenvalue weighted by molar-refractivity contribution is 5.95. The summed E-state index contributed by atoms with van der Waals surface area (Å²) in [5.74, 6) is -0.0287. The highest BCUT2D eigenvalue weighted by atomic mass is 16.4. The van der Waals surface area contributed by atoms with Crippen LogP contribution in [0.25, 0.3) is 11.3 Å². The summed E-state index contributed by atoms with van der Waals surface area (Å²) in [5, 5.41) is 14.4. The van der Waals surface area contributed by atoms with Gasteiger partial charge in [-0.2, -0.15) is 0 Å². The van der Waals surface area contributed by atoms with Crippen LogP contribution in [0, 0.1) is 6.92 Å². The van der Waals surface area contributed by atoms with Crippen molar-refractivity contribution in [2.75, 3.05) is 11.9 Å². The van der Waals surface area contributed by atoms with Crippen molar-refractivity contribution in [1.29, 1.82) is 0 Å². The molecule has 3 N–H and O–H groups in total. The minimum Gasteiger partial charge on any atom is -0.481 e. The first kappa shape index (κ1) is 19.0. The molecule has 0 bridgehead atoms. The van der Waals surface area contributed by atoms with Gasteiger partial charge in [-0.1, -0.05) is 36.4 Å². The van der Waals surface area contributed by atoms with Crippen LogP contribution in [0.15, 0.2) is 60.7 Å². The van der Waals surface area contributed by atoms with Gasteiger partial charge < -0.3 is 15.7 Å². The third-order valence-electron chi connectivity index (χ3n) is 3.93. The number of nitrogens with zero attached hydrogens (tertiary/aromatic N) is 2. The summed E-state index contributed by atoms with van der Waals surface area (Å²) in [6.07, 6.45) is -0.119. The quantitative estimate of drug-likeness (QED) is 0.584. The number of aliphatic carboxylic acids is 1. The number of anilines is 2. The average Bonchev–Trinajstić information content (AvgIpc) is 2.68. The fraction of sp³-hybridized carbons (Fsp3) is 0.143. The van der Waals surface area contributed by atoms with Crippen LogP contribution in [-0.2, 0) is 4.79 Å². The van der Waals surface area contributed by atoms with Crippen molar-refractivity contribution in [3.8, 4) is 11.3 Å². The van der Waals surface area contributed by atoms with Gasteiger partial charge in [0.2, 0.25) is 0 Å². The lowest BCUT2D eigenvalue weighted by molar-refractivity contribution is -0.136. The fourth-order valence-electron chi connectivity index (χ4n) is 2.66. The first-order valence-electron chi connectivity index (χ1n) is 8.79. The Bertz CT molecular complexity index is 990. The van der Waals surface area contributed by atoms with E-state index >= 15 is 0 Å². The number of rotatable bonds is 7. The van der Waals surface area contributed by atoms with Crippen LogP contribution in [0.5, 0.6) is 0 Å². The van der Waals surface area contributed by atoms with Crippen LogP contribution >= 0.6 is 0 Å². The maximum absolute atomic E-state index is 12.2. The van der Waals surface area contributed by atoms with E-state index in [0.717, 1.165) is 11.3 Å². The Morgan fingerprint density at radius 2 is 1.79 bits per heavy atom. The van der Waals surface area contributed by atoms with E-state index in [1.165, 1.54) is 0 Å². The Labute approximate surface area is 162 Å². The number of amides is 1. The minimum absolute atomic E-state index is 0.0807. The number of aryl methyl sites for hydroxylation is 1. The Kier molecular flexibility index (Phi) is 5.96. The molecule has 0 radical (unpaired) electrons. The zero-order chi connectivity index (χ0) is 19.9. The lowest BCUT2D eigenvalue weighted by Crippen LogP contribution is -2.25. The highest BCUT2D eigenvalue weighted by Crippen LogP contribution is 2.22. The molecule has 1 amide bonds. The summed E-state index contributed by atoms with van der Waals surface area (Å²) in [4.78, 5) is 31.6. The maximum Gasteiger partial charge on any atom is 0.305 e. The molecule has 1 heterocycles. The van der Waals surface area contributed by atoms with Crippen molar-refractivity contribution in [2.45, 2.75) is 13.3 Å². The Morgan fingerprint density at radius 1 is 1.00 bits per heavy atom. The van der Waals surface area contributed by atoms with E-state index in [1.807, 2.05) is 49.4 Å². The SMILES string of the molecule is Cc1nc(Nc2cccc(C(=O)NCCC(=O)O)c2)cc(-c2ccccc2)n1. The van der Waals surface area contributed by atoms with Crippen LogP contribution in [0.4, 0.5) is 11.5 Å². The van der Waals surface area contributed by atoms with Crippen molar-refractivity contribution < 1.29 is 14.7 Å².